The minimum absolute atomic E-state index is 0.329. The maximum atomic E-state index is 12.2. The van der Waals surface area contributed by atoms with Crippen molar-refractivity contribution in [3.05, 3.63) is 42.5 Å². The molecule has 0 saturated carbocycles. The first-order chi connectivity index (χ1) is 11.8. The zero-order chi connectivity index (χ0) is 16.4. The Labute approximate surface area is 137 Å². The lowest BCUT2D eigenvalue weighted by atomic mass is 10.3. The van der Waals surface area contributed by atoms with Gasteiger partial charge < -0.3 is 14.5 Å². The third-order valence-corrected chi connectivity index (χ3v) is 3.87. The summed E-state index contributed by atoms with van der Waals surface area (Å²) in [6, 6.07) is 12.8. The molecule has 1 aliphatic rings. The number of amides is 1. The average Bonchev–Trinajstić information content (AvgIpc) is 3.10. The number of benzene rings is 1. The first-order valence-electron chi connectivity index (χ1n) is 7.62. The van der Waals surface area contributed by atoms with Crippen LogP contribution in [0.5, 0.6) is 5.75 Å². The van der Waals surface area contributed by atoms with E-state index in [-0.39, 0.29) is 6.09 Å². The number of aromatic nitrogens is 5. The molecule has 9 nitrogen and oxygen atoms in total. The molecule has 0 spiro atoms. The molecular formula is C15H15N7O2. The Balaban J connectivity index is 1.38. The van der Waals surface area contributed by atoms with Crippen molar-refractivity contribution in [1.82, 2.24) is 30.2 Å². The summed E-state index contributed by atoms with van der Waals surface area (Å²) >= 11 is 0. The van der Waals surface area contributed by atoms with Crippen molar-refractivity contribution in [1.29, 1.82) is 0 Å². The predicted octanol–water partition coefficient (Wildman–Crippen LogP) is 0.840. The van der Waals surface area contributed by atoms with E-state index in [2.05, 4.69) is 25.5 Å². The van der Waals surface area contributed by atoms with Crippen molar-refractivity contribution >= 4 is 17.6 Å². The van der Waals surface area contributed by atoms with Crippen LogP contribution in [-0.4, -0.2) is 62.4 Å². The zero-order valence-electron chi connectivity index (χ0n) is 12.8. The van der Waals surface area contributed by atoms with E-state index in [0.29, 0.717) is 37.6 Å². The van der Waals surface area contributed by atoms with E-state index < -0.39 is 0 Å². The van der Waals surface area contributed by atoms with Crippen LogP contribution in [0.3, 0.4) is 0 Å². The first-order valence-corrected chi connectivity index (χ1v) is 7.62. The Morgan fingerprint density at radius 1 is 1.00 bits per heavy atom. The Hall–Kier alpha value is -3.23. The maximum absolute atomic E-state index is 12.2. The molecule has 0 bridgehead atoms. The average molecular weight is 325 g/mol. The summed E-state index contributed by atoms with van der Waals surface area (Å²) in [6.45, 7) is 2.48. The van der Waals surface area contributed by atoms with Crippen LogP contribution in [0.25, 0.3) is 5.65 Å². The van der Waals surface area contributed by atoms with Crippen LogP contribution in [0.1, 0.15) is 0 Å². The molecule has 0 atom stereocenters. The summed E-state index contributed by atoms with van der Waals surface area (Å²) in [5.74, 6) is 1.33. The van der Waals surface area contributed by atoms with E-state index in [1.807, 2.05) is 30.3 Å². The van der Waals surface area contributed by atoms with Crippen molar-refractivity contribution in [2.75, 3.05) is 31.1 Å². The van der Waals surface area contributed by atoms with Crippen molar-refractivity contribution < 1.29 is 9.53 Å². The highest BCUT2D eigenvalue weighted by atomic mass is 16.6. The Kier molecular flexibility index (Phi) is 3.66. The van der Waals surface area contributed by atoms with Gasteiger partial charge in [-0.15, -0.1) is 14.8 Å². The number of fused-ring (bicyclic) bond motifs is 1. The lowest BCUT2D eigenvalue weighted by Crippen LogP contribution is -2.50. The predicted molar refractivity (Wildman–Crippen MR) is 84.8 cm³/mol. The van der Waals surface area contributed by atoms with Gasteiger partial charge in [-0.1, -0.05) is 18.2 Å². The molecule has 4 rings (SSSR count). The number of rotatable bonds is 2. The van der Waals surface area contributed by atoms with Crippen LogP contribution in [0.2, 0.25) is 0 Å². The minimum atomic E-state index is -0.329. The lowest BCUT2D eigenvalue weighted by molar-refractivity contribution is 0.149. The van der Waals surface area contributed by atoms with E-state index in [1.54, 1.807) is 17.0 Å². The molecule has 122 valence electrons. The molecule has 24 heavy (non-hydrogen) atoms. The highest BCUT2D eigenvalue weighted by molar-refractivity contribution is 5.71. The number of hydrogen-bond donors (Lipinski definition) is 0. The molecule has 0 unspecified atom stereocenters. The minimum Gasteiger partial charge on any atom is -0.410 e. The number of tetrazole rings is 1. The second-order valence-electron chi connectivity index (χ2n) is 5.37. The summed E-state index contributed by atoms with van der Waals surface area (Å²) < 4.78 is 6.76. The number of hydrogen-bond acceptors (Lipinski definition) is 7. The molecule has 3 heterocycles. The first kappa shape index (κ1) is 14.4. The molecule has 1 saturated heterocycles. The lowest BCUT2D eigenvalue weighted by Gasteiger charge is -2.34. The third-order valence-electron chi connectivity index (χ3n) is 3.87. The van der Waals surface area contributed by atoms with Gasteiger partial charge in [-0.25, -0.2) is 4.79 Å². The number of para-hydroxylation sites is 1. The normalized spacial score (nSPS) is 14.8. The highest BCUT2D eigenvalue weighted by Gasteiger charge is 2.23. The van der Waals surface area contributed by atoms with E-state index in [9.17, 15) is 4.79 Å². The summed E-state index contributed by atoms with van der Waals surface area (Å²) in [4.78, 5) is 16.0. The highest BCUT2D eigenvalue weighted by Crippen LogP contribution is 2.15. The maximum Gasteiger partial charge on any atom is 0.415 e. The number of ether oxygens (including phenoxy) is 1. The molecular weight excluding hydrogens is 310 g/mol. The molecule has 1 aliphatic heterocycles. The second-order valence-corrected chi connectivity index (χ2v) is 5.37. The molecule has 1 amide bonds. The third kappa shape index (κ3) is 2.83. The van der Waals surface area contributed by atoms with Crippen LogP contribution in [-0.2, 0) is 0 Å². The number of carbonyl (C=O) groups is 1. The number of anilines is 1. The van der Waals surface area contributed by atoms with Gasteiger partial charge in [0.1, 0.15) is 5.75 Å². The van der Waals surface area contributed by atoms with Gasteiger partial charge in [0.2, 0.25) is 0 Å². The summed E-state index contributed by atoms with van der Waals surface area (Å²) in [5, 5.41) is 15.6. The van der Waals surface area contributed by atoms with Crippen molar-refractivity contribution in [3.8, 4) is 5.75 Å². The molecule has 1 fully saturated rings. The van der Waals surface area contributed by atoms with Gasteiger partial charge in [0.05, 0.1) is 0 Å². The summed E-state index contributed by atoms with van der Waals surface area (Å²) in [6.07, 6.45) is -0.329. The fourth-order valence-electron chi connectivity index (χ4n) is 2.58. The van der Waals surface area contributed by atoms with Crippen molar-refractivity contribution in [2.24, 2.45) is 0 Å². The molecule has 2 aromatic heterocycles. The smallest absolute Gasteiger partial charge is 0.410 e. The monoisotopic (exact) mass is 325 g/mol. The molecule has 3 aromatic rings. The molecule has 0 aliphatic carbocycles. The summed E-state index contributed by atoms with van der Waals surface area (Å²) in [5.41, 5.74) is 0.601. The van der Waals surface area contributed by atoms with Crippen LogP contribution in [0, 0.1) is 0 Å². The fourth-order valence-corrected chi connectivity index (χ4v) is 2.58. The Bertz CT molecular complexity index is 843. The number of nitrogens with zero attached hydrogens (tertiary/aromatic N) is 7. The van der Waals surface area contributed by atoms with E-state index >= 15 is 0 Å². The van der Waals surface area contributed by atoms with Gasteiger partial charge >= 0.3 is 6.09 Å². The molecule has 1 aromatic carbocycles. The quantitative estimate of drug-likeness (QED) is 0.690. The van der Waals surface area contributed by atoms with Gasteiger partial charge in [0.25, 0.3) is 0 Å². The van der Waals surface area contributed by atoms with Crippen LogP contribution >= 0.6 is 0 Å². The fraction of sp³-hybridized carbons (Fsp3) is 0.267. The second kappa shape index (κ2) is 6.11. The standard InChI is InChI=1S/C15H15N7O2/c23-15(24-12-4-2-1-3-5-12)21-10-8-20(9-11-21)14-7-6-13-16-18-19-22(13)17-14/h1-7H,8-11H2. The molecule has 0 N–H and O–H groups in total. The van der Waals surface area contributed by atoms with Crippen molar-refractivity contribution in [2.45, 2.75) is 0 Å². The van der Waals surface area contributed by atoms with Gasteiger partial charge in [-0.05, 0) is 34.7 Å². The van der Waals surface area contributed by atoms with E-state index in [1.165, 1.54) is 4.63 Å². The van der Waals surface area contributed by atoms with Crippen molar-refractivity contribution in [3.63, 3.8) is 0 Å². The van der Waals surface area contributed by atoms with Crippen LogP contribution in [0.15, 0.2) is 42.5 Å². The largest absolute Gasteiger partial charge is 0.415 e. The molecule has 9 heteroatoms. The number of piperazine rings is 1. The van der Waals surface area contributed by atoms with Gasteiger partial charge in [-0.2, -0.15) is 0 Å². The Morgan fingerprint density at radius 3 is 2.58 bits per heavy atom. The SMILES string of the molecule is O=C(Oc1ccccc1)N1CCN(c2ccc3nnnn3n2)CC1. The zero-order valence-corrected chi connectivity index (χ0v) is 12.8. The van der Waals surface area contributed by atoms with Crippen LogP contribution in [0.4, 0.5) is 10.6 Å². The van der Waals surface area contributed by atoms with Gasteiger partial charge in [0.15, 0.2) is 11.5 Å². The van der Waals surface area contributed by atoms with Crippen LogP contribution < -0.4 is 9.64 Å². The van der Waals surface area contributed by atoms with Gasteiger partial charge in [-0.3, -0.25) is 0 Å². The topological polar surface area (TPSA) is 88.8 Å². The summed E-state index contributed by atoms with van der Waals surface area (Å²) in [7, 11) is 0. The van der Waals surface area contributed by atoms with Gasteiger partial charge in [0, 0.05) is 26.2 Å². The molecule has 0 radical (unpaired) electrons. The van der Waals surface area contributed by atoms with E-state index in [0.717, 1.165) is 5.82 Å². The Morgan fingerprint density at radius 2 is 1.79 bits per heavy atom. The van der Waals surface area contributed by atoms with E-state index in [4.69, 9.17) is 4.74 Å². The number of carbonyl (C=O) groups excluding carboxylic acids is 1.